The van der Waals surface area contributed by atoms with Crippen LogP contribution in [0.25, 0.3) is 0 Å². The highest BCUT2D eigenvalue weighted by Crippen LogP contribution is 1.94. The van der Waals surface area contributed by atoms with E-state index in [4.69, 9.17) is 14.2 Å². The first-order valence-electron chi connectivity index (χ1n) is 6.12. The van der Waals surface area contributed by atoms with Gasteiger partial charge in [0.15, 0.2) is 0 Å². The van der Waals surface area contributed by atoms with Crippen LogP contribution in [0.15, 0.2) is 0 Å². The van der Waals surface area contributed by atoms with Crippen LogP contribution in [0, 0.1) is 0 Å². The van der Waals surface area contributed by atoms with E-state index in [0.29, 0.717) is 32.8 Å². The summed E-state index contributed by atoms with van der Waals surface area (Å²) in [6, 6.07) is 0. The van der Waals surface area contributed by atoms with Crippen molar-refractivity contribution in [1.82, 2.24) is 0 Å². The van der Waals surface area contributed by atoms with Gasteiger partial charge in [0.25, 0.3) is 0 Å². The van der Waals surface area contributed by atoms with Gasteiger partial charge in [0.1, 0.15) is 0 Å². The minimum absolute atomic E-state index is 0.202. The molecule has 0 radical (unpaired) electrons. The SMILES string of the molecule is CCCCCOCCOCCC(=O)OCC. The van der Waals surface area contributed by atoms with Gasteiger partial charge in [-0.1, -0.05) is 19.8 Å². The summed E-state index contributed by atoms with van der Waals surface area (Å²) < 4.78 is 15.3. The summed E-state index contributed by atoms with van der Waals surface area (Å²) in [5.41, 5.74) is 0. The van der Waals surface area contributed by atoms with Crippen LogP contribution in [0.4, 0.5) is 0 Å². The Bertz CT molecular complexity index is 159. The molecule has 16 heavy (non-hydrogen) atoms. The van der Waals surface area contributed by atoms with Gasteiger partial charge in [-0.3, -0.25) is 4.79 Å². The fraction of sp³-hybridized carbons (Fsp3) is 0.917. The molecule has 4 heteroatoms. The summed E-state index contributed by atoms with van der Waals surface area (Å²) in [6.45, 7) is 6.76. The second-order valence-electron chi connectivity index (χ2n) is 3.49. The summed E-state index contributed by atoms with van der Waals surface area (Å²) in [5, 5.41) is 0. The van der Waals surface area contributed by atoms with E-state index in [1.54, 1.807) is 6.92 Å². The van der Waals surface area contributed by atoms with Gasteiger partial charge < -0.3 is 14.2 Å². The zero-order chi connectivity index (χ0) is 12.1. The van der Waals surface area contributed by atoms with Crippen LogP contribution >= 0.6 is 0 Å². The molecule has 0 bridgehead atoms. The monoisotopic (exact) mass is 232 g/mol. The third-order valence-electron chi connectivity index (χ3n) is 2.02. The maximum absolute atomic E-state index is 10.9. The van der Waals surface area contributed by atoms with Gasteiger partial charge in [0.05, 0.1) is 32.8 Å². The second kappa shape index (κ2) is 12.5. The molecule has 96 valence electrons. The number of esters is 1. The maximum Gasteiger partial charge on any atom is 0.308 e. The maximum atomic E-state index is 10.9. The van der Waals surface area contributed by atoms with Crippen molar-refractivity contribution < 1.29 is 19.0 Å². The van der Waals surface area contributed by atoms with Crippen LogP contribution in [-0.2, 0) is 19.0 Å². The van der Waals surface area contributed by atoms with Crippen molar-refractivity contribution >= 4 is 5.97 Å². The standard InChI is InChI=1S/C12H24O4/c1-3-5-6-8-14-10-11-15-9-7-12(13)16-4-2/h3-11H2,1-2H3. The summed E-state index contributed by atoms with van der Waals surface area (Å²) in [7, 11) is 0. The van der Waals surface area contributed by atoms with Crippen LogP contribution in [0.1, 0.15) is 39.5 Å². The first-order chi connectivity index (χ1) is 7.81. The average Bonchev–Trinajstić information content (AvgIpc) is 2.27. The molecule has 0 rings (SSSR count). The van der Waals surface area contributed by atoms with E-state index in [0.717, 1.165) is 13.0 Å². The van der Waals surface area contributed by atoms with Crippen LogP contribution in [0.2, 0.25) is 0 Å². The number of carbonyl (C=O) groups excluding carboxylic acids is 1. The zero-order valence-electron chi connectivity index (χ0n) is 10.5. The molecule has 0 atom stereocenters. The zero-order valence-corrected chi connectivity index (χ0v) is 10.5. The van der Waals surface area contributed by atoms with Gasteiger partial charge in [-0.25, -0.2) is 0 Å². The minimum atomic E-state index is -0.202. The van der Waals surface area contributed by atoms with Crippen molar-refractivity contribution in [2.75, 3.05) is 33.0 Å². The molecule has 0 aliphatic rings. The van der Waals surface area contributed by atoms with Crippen molar-refractivity contribution in [3.63, 3.8) is 0 Å². The quantitative estimate of drug-likeness (QED) is 0.404. The van der Waals surface area contributed by atoms with Gasteiger partial charge >= 0.3 is 5.97 Å². The number of hydrogen-bond donors (Lipinski definition) is 0. The second-order valence-corrected chi connectivity index (χ2v) is 3.49. The molecular formula is C12H24O4. The summed E-state index contributed by atoms with van der Waals surface area (Å²) >= 11 is 0. The Balaban J connectivity index is 3.01. The van der Waals surface area contributed by atoms with Gasteiger partial charge in [-0.2, -0.15) is 0 Å². The largest absolute Gasteiger partial charge is 0.466 e. The summed E-state index contributed by atoms with van der Waals surface area (Å²) in [4.78, 5) is 10.9. The van der Waals surface area contributed by atoms with E-state index in [1.807, 2.05) is 0 Å². The van der Waals surface area contributed by atoms with Gasteiger partial charge in [-0.15, -0.1) is 0 Å². The van der Waals surface area contributed by atoms with Crippen molar-refractivity contribution in [1.29, 1.82) is 0 Å². The first-order valence-corrected chi connectivity index (χ1v) is 6.12. The van der Waals surface area contributed by atoms with Crippen LogP contribution in [-0.4, -0.2) is 39.0 Å². The lowest BCUT2D eigenvalue weighted by Crippen LogP contribution is -2.11. The van der Waals surface area contributed by atoms with E-state index in [-0.39, 0.29) is 5.97 Å². The molecule has 0 saturated carbocycles. The molecule has 0 fully saturated rings. The molecule has 0 aromatic carbocycles. The van der Waals surface area contributed by atoms with E-state index in [1.165, 1.54) is 12.8 Å². The van der Waals surface area contributed by atoms with E-state index in [2.05, 4.69) is 6.92 Å². The fourth-order valence-corrected chi connectivity index (χ4v) is 1.16. The van der Waals surface area contributed by atoms with Gasteiger partial charge in [0.2, 0.25) is 0 Å². The molecule has 0 aromatic rings. The van der Waals surface area contributed by atoms with Crippen molar-refractivity contribution in [3.05, 3.63) is 0 Å². The highest BCUT2D eigenvalue weighted by molar-refractivity contribution is 5.69. The molecule has 0 saturated heterocycles. The predicted octanol–water partition coefficient (Wildman–Crippen LogP) is 2.16. The average molecular weight is 232 g/mol. The molecule has 0 amide bonds. The smallest absolute Gasteiger partial charge is 0.308 e. The number of ether oxygens (including phenoxy) is 3. The molecule has 0 aliphatic carbocycles. The lowest BCUT2D eigenvalue weighted by atomic mass is 10.3. The lowest BCUT2D eigenvalue weighted by molar-refractivity contribution is -0.144. The Kier molecular flexibility index (Phi) is 12.0. The number of unbranched alkanes of at least 4 members (excludes halogenated alkanes) is 2. The van der Waals surface area contributed by atoms with Crippen molar-refractivity contribution in [2.24, 2.45) is 0 Å². The third-order valence-corrected chi connectivity index (χ3v) is 2.02. The van der Waals surface area contributed by atoms with Crippen molar-refractivity contribution in [3.8, 4) is 0 Å². The van der Waals surface area contributed by atoms with E-state index in [9.17, 15) is 4.79 Å². The van der Waals surface area contributed by atoms with Crippen molar-refractivity contribution in [2.45, 2.75) is 39.5 Å². The topological polar surface area (TPSA) is 44.8 Å². The van der Waals surface area contributed by atoms with Crippen LogP contribution in [0.5, 0.6) is 0 Å². The number of rotatable bonds is 11. The fourth-order valence-electron chi connectivity index (χ4n) is 1.16. The highest BCUT2D eigenvalue weighted by atomic mass is 16.5. The molecule has 4 nitrogen and oxygen atoms in total. The Morgan fingerprint density at radius 2 is 1.62 bits per heavy atom. The molecular weight excluding hydrogens is 208 g/mol. The molecule has 0 spiro atoms. The normalized spacial score (nSPS) is 10.4. The van der Waals surface area contributed by atoms with Crippen LogP contribution in [0.3, 0.4) is 0 Å². The predicted molar refractivity (Wildman–Crippen MR) is 62.4 cm³/mol. The van der Waals surface area contributed by atoms with Crippen LogP contribution < -0.4 is 0 Å². The molecule has 0 unspecified atom stereocenters. The molecule has 0 aromatic heterocycles. The highest BCUT2D eigenvalue weighted by Gasteiger charge is 2.00. The molecule has 0 heterocycles. The Labute approximate surface area is 98.3 Å². The van der Waals surface area contributed by atoms with Gasteiger partial charge in [0, 0.05) is 6.61 Å². The first kappa shape index (κ1) is 15.4. The summed E-state index contributed by atoms with van der Waals surface area (Å²) in [6.07, 6.45) is 3.85. The lowest BCUT2D eigenvalue weighted by Gasteiger charge is -2.05. The number of carbonyl (C=O) groups is 1. The van der Waals surface area contributed by atoms with E-state index >= 15 is 0 Å². The number of hydrogen-bond acceptors (Lipinski definition) is 4. The molecule has 0 N–H and O–H groups in total. The Morgan fingerprint density at radius 3 is 2.25 bits per heavy atom. The molecule has 0 aliphatic heterocycles. The summed E-state index contributed by atoms with van der Waals surface area (Å²) in [5.74, 6) is -0.202. The third kappa shape index (κ3) is 11.5. The Morgan fingerprint density at radius 1 is 0.938 bits per heavy atom. The van der Waals surface area contributed by atoms with E-state index < -0.39 is 0 Å². The minimum Gasteiger partial charge on any atom is -0.466 e. The van der Waals surface area contributed by atoms with Gasteiger partial charge in [-0.05, 0) is 13.3 Å². The Hall–Kier alpha value is -0.610.